The van der Waals surface area contributed by atoms with E-state index in [0.717, 1.165) is 34.1 Å². The van der Waals surface area contributed by atoms with Crippen molar-refractivity contribution in [1.29, 1.82) is 0 Å². The number of benzene rings is 9. The highest BCUT2D eigenvalue weighted by Gasteiger charge is 2.51. The van der Waals surface area contributed by atoms with Gasteiger partial charge in [0.15, 0.2) is 0 Å². The lowest BCUT2D eigenvalue weighted by Gasteiger charge is -2.40. The molecule has 0 amide bonds. The lowest BCUT2D eigenvalue weighted by molar-refractivity contribution is 0.748. The highest BCUT2D eigenvalue weighted by atomic mass is 15.2. The van der Waals surface area contributed by atoms with E-state index < -0.39 is 5.41 Å². The van der Waals surface area contributed by atoms with Crippen molar-refractivity contribution in [2.75, 3.05) is 9.80 Å². The van der Waals surface area contributed by atoms with E-state index in [1.54, 1.807) is 0 Å². The zero-order chi connectivity index (χ0) is 38.2. The summed E-state index contributed by atoms with van der Waals surface area (Å²) < 4.78 is 2.54. The Morgan fingerprint density at radius 1 is 0.310 bits per heavy atom. The zero-order valence-electron chi connectivity index (χ0n) is 31.7. The third kappa shape index (κ3) is 4.56. The van der Waals surface area contributed by atoms with Gasteiger partial charge in [0, 0.05) is 44.9 Å². The predicted octanol–water partition coefficient (Wildman–Crippen LogP) is 14.4. The highest BCUT2D eigenvalue weighted by Crippen LogP contribution is 2.62. The summed E-state index contributed by atoms with van der Waals surface area (Å²) in [6.07, 6.45) is 0. The van der Waals surface area contributed by atoms with Crippen molar-refractivity contribution in [3.63, 3.8) is 0 Å². The quantitative estimate of drug-likeness (QED) is 0.168. The summed E-state index contributed by atoms with van der Waals surface area (Å²) in [5.74, 6) is 0. The molecule has 3 heteroatoms. The fraction of sp³-hybridized carbons (Fsp3) is 0.0182. The van der Waals surface area contributed by atoms with Gasteiger partial charge in [-0.1, -0.05) is 146 Å². The second-order valence-corrected chi connectivity index (χ2v) is 15.3. The smallest absolute Gasteiger partial charge is 0.0755 e. The summed E-state index contributed by atoms with van der Waals surface area (Å²) in [5, 5.41) is 2.53. The first-order valence-electron chi connectivity index (χ1n) is 20.0. The van der Waals surface area contributed by atoms with Crippen LogP contribution in [0.5, 0.6) is 0 Å². The highest BCUT2D eigenvalue weighted by molar-refractivity contribution is 6.13. The van der Waals surface area contributed by atoms with E-state index in [1.807, 2.05) is 0 Å². The van der Waals surface area contributed by atoms with Crippen LogP contribution in [-0.2, 0) is 5.41 Å². The SMILES string of the molecule is c1ccc(N(c2ccccc2)c2ccc3c(c2)-n2c4ccccc4c4cccc(c42)C32c3ccccc3-c3ccc(N(c4ccccc4)c4ccccc4)cc32)cc1. The van der Waals surface area contributed by atoms with Gasteiger partial charge in [-0.2, -0.15) is 0 Å². The summed E-state index contributed by atoms with van der Waals surface area (Å²) in [6, 6.07) is 82.2. The Balaban J connectivity index is 1.20. The van der Waals surface area contributed by atoms with Crippen LogP contribution < -0.4 is 9.80 Å². The Labute approximate surface area is 337 Å². The Kier molecular flexibility index (Phi) is 7.14. The molecule has 0 saturated carbocycles. The fourth-order valence-corrected chi connectivity index (χ4v) is 10.1. The van der Waals surface area contributed by atoms with Crippen LogP contribution in [0.25, 0.3) is 38.6 Å². The van der Waals surface area contributed by atoms with E-state index in [2.05, 4.69) is 239 Å². The van der Waals surface area contributed by atoms with Gasteiger partial charge in [0.2, 0.25) is 0 Å². The first-order valence-corrected chi connectivity index (χ1v) is 20.0. The molecule has 272 valence electrons. The molecule has 2 aliphatic rings. The molecule has 1 aliphatic heterocycles. The maximum atomic E-state index is 2.54. The van der Waals surface area contributed by atoms with Gasteiger partial charge >= 0.3 is 0 Å². The Hall–Kier alpha value is -7.62. The summed E-state index contributed by atoms with van der Waals surface area (Å²) >= 11 is 0. The molecule has 0 saturated heterocycles. The largest absolute Gasteiger partial charge is 0.310 e. The van der Waals surface area contributed by atoms with Crippen LogP contribution in [0.2, 0.25) is 0 Å². The van der Waals surface area contributed by atoms with Gasteiger partial charge in [0.25, 0.3) is 0 Å². The van der Waals surface area contributed by atoms with Crippen molar-refractivity contribution in [3.8, 4) is 16.8 Å². The van der Waals surface area contributed by atoms with Gasteiger partial charge in [-0.3, -0.25) is 0 Å². The lowest BCUT2D eigenvalue weighted by atomic mass is 9.65. The third-order valence-electron chi connectivity index (χ3n) is 12.3. The van der Waals surface area contributed by atoms with Crippen LogP contribution in [-0.4, -0.2) is 4.57 Å². The second-order valence-electron chi connectivity index (χ2n) is 15.3. The summed E-state index contributed by atoms with van der Waals surface area (Å²) in [5.41, 5.74) is 17.5. The van der Waals surface area contributed by atoms with Crippen LogP contribution in [0, 0.1) is 0 Å². The van der Waals surface area contributed by atoms with Crippen LogP contribution in [0.3, 0.4) is 0 Å². The van der Waals surface area contributed by atoms with E-state index in [4.69, 9.17) is 0 Å². The van der Waals surface area contributed by atoms with Crippen LogP contribution >= 0.6 is 0 Å². The maximum Gasteiger partial charge on any atom is 0.0755 e. The van der Waals surface area contributed by atoms with Gasteiger partial charge in [-0.15, -0.1) is 0 Å². The minimum atomic E-state index is -0.594. The van der Waals surface area contributed by atoms with E-state index >= 15 is 0 Å². The van der Waals surface area contributed by atoms with E-state index in [1.165, 1.54) is 60.9 Å². The number of hydrogen-bond donors (Lipinski definition) is 0. The van der Waals surface area contributed by atoms with Gasteiger partial charge in [0.1, 0.15) is 0 Å². The molecule has 1 spiro atoms. The number of aromatic nitrogens is 1. The maximum absolute atomic E-state index is 2.54. The van der Waals surface area contributed by atoms with Crippen LogP contribution in [0.1, 0.15) is 22.3 Å². The normalized spacial score (nSPS) is 14.6. The molecule has 58 heavy (non-hydrogen) atoms. The third-order valence-corrected chi connectivity index (χ3v) is 12.3. The van der Waals surface area contributed by atoms with Crippen molar-refractivity contribution in [2.45, 2.75) is 5.41 Å². The first-order chi connectivity index (χ1) is 28.8. The van der Waals surface area contributed by atoms with E-state index in [-0.39, 0.29) is 0 Å². The molecule has 0 N–H and O–H groups in total. The van der Waals surface area contributed by atoms with Crippen molar-refractivity contribution in [1.82, 2.24) is 4.57 Å². The topological polar surface area (TPSA) is 11.4 Å². The van der Waals surface area contributed by atoms with E-state index in [0.29, 0.717) is 0 Å². The van der Waals surface area contributed by atoms with Gasteiger partial charge in [-0.05, 0) is 112 Å². The molecule has 2 heterocycles. The minimum Gasteiger partial charge on any atom is -0.310 e. The second kappa shape index (κ2) is 12.7. The molecule has 0 bridgehead atoms. The molecule has 1 atom stereocenters. The zero-order valence-corrected chi connectivity index (χ0v) is 31.7. The van der Waals surface area contributed by atoms with Gasteiger partial charge in [0.05, 0.1) is 22.1 Å². The average Bonchev–Trinajstić information content (AvgIpc) is 3.78. The molecular formula is C55H37N3. The number of rotatable bonds is 6. The lowest BCUT2D eigenvalue weighted by Crippen LogP contribution is -2.33. The Morgan fingerprint density at radius 2 is 0.793 bits per heavy atom. The number of nitrogens with zero attached hydrogens (tertiary/aromatic N) is 3. The van der Waals surface area contributed by atoms with E-state index in [9.17, 15) is 0 Å². The van der Waals surface area contributed by atoms with Crippen molar-refractivity contribution < 1.29 is 0 Å². The molecule has 9 aromatic carbocycles. The molecule has 10 aromatic rings. The van der Waals surface area contributed by atoms with Crippen molar-refractivity contribution >= 4 is 55.9 Å². The van der Waals surface area contributed by atoms with Crippen molar-refractivity contribution in [2.24, 2.45) is 0 Å². The Bertz CT molecular complexity index is 3090. The van der Waals surface area contributed by atoms with Crippen molar-refractivity contribution in [3.05, 3.63) is 247 Å². The summed E-state index contributed by atoms with van der Waals surface area (Å²) in [7, 11) is 0. The molecule has 1 aromatic heterocycles. The standard InChI is InChI=1S/C55H37N3/c1-5-18-38(19-6-1)56(39-20-7-2-8-21-39)42-32-34-45-44-26-13-15-29-48(44)55(51(45)36-42)49-35-33-43(57(40-22-9-3-10-23-40)41-24-11-4-12-25-41)37-53(49)58-52-31-16-14-27-46(52)47-28-17-30-50(55)54(47)58/h1-37H. The molecule has 1 aliphatic carbocycles. The van der Waals surface area contributed by atoms with Crippen LogP contribution in [0.4, 0.5) is 34.1 Å². The molecule has 12 rings (SSSR count). The fourth-order valence-electron chi connectivity index (χ4n) is 10.1. The molecule has 3 nitrogen and oxygen atoms in total. The monoisotopic (exact) mass is 739 g/mol. The number of hydrogen-bond acceptors (Lipinski definition) is 2. The molecule has 0 fully saturated rings. The Morgan fingerprint density at radius 3 is 1.43 bits per heavy atom. The molecule has 1 unspecified atom stereocenters. The molecular weight excluding hydrogens is 703 g/mol. The summed E-state index contributed by atoms with van der Waals surface area (Å²) in [6.45, 7) is 0. The number of anilines is 6. The predicted molar refractivity (Wildman–Crippen MR) is 241 cm³/mol. The van der Waals surface area contributed by atoms with Gasteiger partial charge < -0.3 is 14.4 Å². The van der Waals surface area contributed by atoms with Gasteiger partial charge in [-0.25, -0.2) is 0 Å². The minimum absolute atomic E-state index is 0.594. The average molecular weight is 740 g/mol. The first kappa shape index (κ1) is 32.6. The summed E-state index contributed by atoms with van der Waals surface area (Å²) in [4.78, 5) is 4.77. The van der Waals surface area contributed by atoms with Crippen LogP contribution in [0.15, 0.2) is 224 Å². The number of fused-ring (bicyclic) bond motifs is 12. The number of para-hydroxylation sites is 6. The molecule has 0 radical (unpaired) electrons.